The molecule has 1 fully saturated rings. The zero-order valence-electron chi connectivity index (χ0n) is 11.3. The van der Waals surface area contributed by atoms with Crippen LogP contribution in [0.3, 0.4) is 0 Å². The van der Waals surface area contributed by atoms with Crippen LogP contribution in [0.25, 0.3) is 11.2 Å². The van der Waals surface area contributed by atoms with Crippen LogP contribution in [0.15, 0.2) is 6.33 Å². The summed E-state index contributed by atoms with van der Waals surface area (Å²) < 4.78 is 35.8. The maximum absolute atomic E-state index is 13.3. The molecule has 1 aliphatic heterocycles. The first-order chi connectivity index (χ1) is 10.6. The average Bonchev–Trinajstić information content (AvgIpc) is 3.03. The van der Waals surface area contributed by atoms with Gasteiger partial charge in [-0.3, -0.25) is 9.13 Å². The van der Waals surface area contributed by atoms with Gasteiger partial charge in [0.25, 0.3) is 0 Å². The third-order valence-electron chi connectivity index (χ3n) is 3.31. The summed E-state index contributed by atoms with van der Waals surface area (Å²) in [7, 11) is -0.118. The summed E-state index contributed by atoms with van der Waals surface area (Å²) in [5, 5.41) is 10.1. The molecule has 1 aliphatic rings. The van der Waals surface area contributed by atoms with Gasteiger partial charge in [0.15, 0.2) is 31.7 Å². The summed E-state index contributed by atoms with van der Waals surface area (Å²) in [5.41, 5.74) is 5.98. The largest absolute Gasteiger partial charge is 0.388 e. The van der Waals surface area contributed by atoms with E-state index >= 15 is 0 Å². The first-order valence-corrected chi connectivity index (χ1v) is 7.46. The van der Waals surface area contributed by atoms with Crippen LogP contribution in [0.4, 0.5) is 10.2 Å². The van der Waals surface area contributed by atoms with E-state index in [4.69, 9.17) is 15.2 Å². The second-order valence-electron chi connectivity index (χ2n) is 4.78. The van der Waals surface area contributed by atoms with Gasteiger partial charge in [-0.1, -0.05) is 0 Å². The Morgan fingerprint density at radius 1 is 1.59 bits per heavy atom. The van der Waals surface area contributed by atoms with Crippen LogP contribution in [-0.2, 0) is 14.0 Å². The Bertz CT molecular complexity index is 698. The Morgan fingerprint density at radius 3 is 3.18 bits per heavy atom. The summed E-state index contributed by atoms with van der Waals surface area (Å²) in [5.74, 6) is -0.0805. The van der Waals surface area contributed by atoms with Crippen LogP contribution in [-0.4, -0.2) is 49.8 Å². The normalized spacial score (nSPS) is 25.3. The van der Waals surface area contributed by atoms with Gasteiger partial charge in [-0.2, -0.15) is 14.4 Å². The van der Waals surface area contributed by atoms with Crippen molar-refractivity contribution in [1.29, 1.82) is 0 Å². The van der Waals surface area contributed by atoms with Crippen molar-refractivity contribution in [3.8, 4) is 0 Å². The second-order valence-corrected chi connectivity index (χ2v) is 5.30. The second kappa shape index (κ2) is 6.17. The quantitative estimate of drug-likeness (QED) is 0.460. The van der Waals surface area contributed by atoms with Crippen LogP contribution in [0.2, 0.25) is 0 Å². The number of hydrogen-bond donors (Lipinski definition) is 2. The third kappa shape index (κ3) is 2.78. The number of halogens is 1. The van der Waals surface area contributed by atoms with Crippen molar-refractivity contribution in [2.24, 2.45) is 0 Å². The highest BCUT2D eigenvalue weighted by Gasteiger charge is 2.36. The summed E-state index contributed by atoms with van der Waals surface area (Å²) in [6, 6.07) is 0. The highest BCUT2D eigenvalue weighted by molar-refractivity contribution is 7.23. The maximum Gasteiger partial charge on any atom is 0.312 e. The third-order valence-corrected chi connectivity index (χ3v) is 3.60. The van der Waals surface area contributed by atoms with Gasteiger partial charge in [-0.15, -0.1) is 0 Å². The maximum atomic E-state index is 13.3. The zero-order chi connectivity index (χ0) is 15.7. The minimum atomic E-state index is -0.978. The fourth-order valence-electron chi connectivity index (χ4n) is 2.41. The van der Waals surface area contributed by atoms with E-state index in [0.29, 0.717) is 6.42 Å². The molecule has 3 atom stereocenters. The summed E-state index contributed by atoms with van der Waals surface area (Å²) in [4.78, 5) is 11.1. The van der Waals surface area contributed by atoms with Crippen molar-refractivity contribution in [2.45, 2.75) is 24.9 Å². The lowest BCUT2D eigenvalue weighted by molar-refractivity contribution is -0.0557. The molecular weight excluding hydrogens is 316 g/mol. The molecule has 0 aromatic carbocycles. The molecule has 11 heteroatoms. The van der Waals surface area contributed by atoms with Crippen molar-refractivity contribution in [3.63, 3.8) is 0 Å². The molecule has 2 aromatic rings. The first kappa shape index (κ1) is 15.2. The summed E-state index contributed by atoms with van der Waals surface area (Å²) in [6.45, 7) is 0.195. The number of aromatic nitrogens is 4. The molecule has 3 rings (SSSR count). The van der Waals surface area contributed by atoms with Gasteiger partial charge in [-0.25, -0.2) is 4.98 Å². The van der Waals surface area contributed by atoms with Crippen LogP contribution >= 0.6 is 8.46 Å². The molecule has 22 heavy (non-hydrogen) atoms. The van der Waals surface area contributed by atoms with Gasteiger partial charge in [0, 0.05) is 6.42 Å². The lowest BCUT2D eigenvalue weighted by Crippen LogP contribution is -2.19. The van der Waals surface area contributed by atoms with E-state index in [0.717, 1.165) is 0 Å². The van der Waals surface area contributed by atoms with E-state index < -0.39 is 18.4 Å². The SMILES string of the molecule is Nc1nc(F)nc2c1ncn2C1OC(COCP=O)CC1O. The number of nitrogens with two attached hydrogens (primary N) is 1. The Labute approximate surface area is 125 Å². The van der Waals surface area contributed by atoms with Gasteiger partial charge < -0.3 is 20.3 Å². The lowest BCUT2D eigenvalue weighted by Gasteiger charge is -2.16. The highest BCUT2D eigenvalue weighted by Crippen LogP contribution is 2.31. The predicted octanol–water partition coefficient (Wildman–Crippen LogP) is 0.462. The van der Waals surface area contributed by atoms with Crippen LogP contribution in [0, 0.1) is 6.08 Å². The summed E-state index contributed by atoms with van der Waals surface area (Å²) >= 11 is 0. The van der Waals surface area contributed by atoms with E-state index in [2.05, 4.69) is 15.0 Å². The number of rotatable bonds is 5. The first-order valence-electron chi connectivity index (χ1n) is 6.46. The van der Waals surface area contributed by atoms with Crippen molar-refractivity contribution in [3.05, 3.63) is 12.4 Å². The van der Waals surface area contributed by atoms with Crippen LogP contribution < -0.4 is 5.73 Å². The zero-order valence-corrected chi connectivity index (χ0v) is 12.2. The molecule has 0 aliphatic carbocycles. The molecular formula is C11H13FN5O4P. The number of nitrogen functional groups attached to an aromatic ring is 1. The minimum Gasteiger partial charge on any atom is -0.388 e. The number of anilines is 1. The molecule has 2 aromatic heterocycles. The van der Waals surface area contributed by atoms with Crippen molar-refractivity contribution >= 4 is 25.4 Å². The molecule has 0 bridgehead atoms. The van der Waals surface area contributed by atoms with Gasteiger partial charge in [0.2, 0.25) is 0 Å². The van der Waals surface area contributed by atoms with Gasteiger partial charge in [0.1, 0.15) is 12.5 Å². The predicted molar refractivity (Wildman–Crippen MR) is 72.7 cm³/mol. The molecule has 0 spiro atoms. The van der Waals surface area contributed by atoms with E-state index in [-0.39, 0.29) is 44.5 Å². The van der Waals surface area contributed by atoms with Crippen molar-refractivity contribution in [1.82, 2.24) is 19.5 Å². The standard InChI is InChI=1S/C11H13FN5O4P/c12-11-15-8(13)7-9(16-11)17(3-14-7)10-6(18)1-5(21-10)2-20-4-22-19/h3,5-6,10,18H,1-2,4H2,(H2,13,15,16). The number of nitrogens with zero attached hydrogens (tertiary/aromatic N) is 4. The fourth-order valence-corrected chi connectivity index (χ4v) is 2.59. The van der Waals surface area contributed by atoms with E-state index in [9.17, 15) is 14.1 Å². The summed E-state index contributed by atoms with van der Waals surface area (Å²) in [6.07, 6.45) is -1.22. The lowest BCUT2D eigenvalue weighted by atomic mass is 10.2. The van der Waals surface area contributed by atoms with Gasteiger partial charge in [-0.05, 0) is 0 Å². The molecule has 0 saturated carbocycles. The molecule has 3 N–H and O–H groups in total. The Kier molecular flexibility index (Phi) is 4.25. The number of aliphatic hydroxyl groups excluding tert-OH is 1. The van der Waals surface area contributed by atoms with Crippen LogP contribution in [0.5, 0.6) is 0 Å². The van der Waals surface area contributed by atoms with E-state index in [1.165, 1.54) is 10.9 Å². The smallest absolute Gasteiger partial charge is 0.312 e. The monoisotopic (exact) mass is 329 g/mol. The minimum absolute atomic E-state index is 0.0591. The number of hydrogen-bond acceptors (Lipinski definition) is 8. The highest BCUT2D eigenvalue weighted by atomic mass is 31.1. The number of aliphatic hydroxyl groups is 1. The van der Waals surface area contributed by atoms with E-state index in [1.807, 2.05) is 0 Å². The Morgan fingerprint density at radius 2 is 2.41 bits per heavy atom. The van der Waals surface area contributed by atoms with E-state index in [1.54, 1.807) is 0 Å². The number of imidazole rings is 1. The van der Waals surface area contributed by atoms with Crippen LogP contribution in [0.1, 0.15) is 12.6 Å². The molecule has 0 amide bonds. The number of fused-ring (bicyclic) bond motifs is 1. The fraction of sp³-hybridized carbons (Fsp3) is 0.545. The average molecular weight is 329 g/mol. The van der Waals surface area contributed by atoms with Gasteiger partial charge >= 0.3 is 6.08 Å². The van der Waals surface area contributed by atoms with Crippen molar-refractivity contribution < 1.29 is 23.5 Å². The molecule has 9 nitrogen and oxygen atoms in total. The molecule has 0 radical (unpaired) electrons. The number of ether oxygens (including phenoxy) is 2. The topological polar surface area (TPSA) is 125 Å². The van der Waals surface area contributed by atoms with Crippen molar-refractivity contribution in [2.75, 3.05) is 18.7 Å². The molecule has 118 valence electrons. The Balaban J connectivity index is 1.83. The molecule has 3 unspecified atom stereocenters. The molecule has 1 saturated heterocycles. The molecule has 3 heterocycles. The Hall–Kier alpha value is -1.74. The van der Waals surface area contributed by atoms with Gasteiger partial charge in [0.05, 0.1) is 19.0 Å².